The maximum Gasteiger partial charge on any atom is 0.387 e. The van der Waals surface area contributed by atoms with Crippen LogP contribution in [-0.2, 0) is 4.79 Å². The minimum Gasteiger partial charge on any atom is -0.435 e. The molecule has 150 valence electrons. The third-order valence-corrected chi connectivity index (χ3v) is 5.55. The van der Waals surface area contributed by atoms with Gasteiger partial charge in [-0.15, -0.1) is 12.4 Å². The van der Waals surface area contributed by atoms with Crippen molar-refractivity contribution in [3.05, 3.63) is 65.7 Å². The summed E-state index contributed by atoms with van der Waals surface area (Å²) in [5, 5.41) is 0. The van der Waals surface area contributed by atoms with Gasteiger partial charge in [0.2, 0.25) is 5.91 Å². The van der Waals surface area contributed by atoms with E-state index in [2.05, 4.69) is 4.74 Å². The van der Waals surface area contributed by atoms with Crippen molar-refractivity contribution in [1.82, 2.24) is 4.90 Å². The first-order valence-corrected chi connectivity index (χ1v) is 9.17. The number of rotatable bonds is 5. The molecule has 2 aromatic carbocycles. The number of halogens is 3. The van der Waals surface area contributed by atoms with Crippen molar-refractivity contribution >= 4 is 18.3 Å². The monoisotopic (exact) mass is 408 g/mol. The molecule has 1 aliphatic carbocycles. The molecule has 0 aromatic heterocycles. The average Bonchev–Trinajstić information content (AvgIpc) is 3.36. The Morgan fingerprint density at radius 1 is 1.04 bits per heavy atom. The van der Waals surface area contributed by atoms with E-state index in [4.69, 9.17) is 5.73 Å². The van der Waals surface area contributed by atoms with Crippen molar-refractivity contribution < 1.29 is 18.3 Å². The van der Waals surface area contributed by atoms with Crippen LogP contribution in [0.4, 0.5) is 8.78 Å². The van der Waals surface area contributed by atoms with E-state index in [-0.39, 0.29) is 47.9 Å². The third-order valence-electron chi connectivity index (χ3n) is 5.55. The molecule has 2 fully saturated rings. The molecule has 0 radical (unpaired) electrons. The molecule has 1 saturated heterocycles. The van der Waals surface area contributed by atoms with Crippen molar-refractivity contribution in [2.75, 3.05) is 13.1 Å². The van der Waals surface area contributed by atoms with Crippen LogP contribution in [0.25, 0.3) is 0 Å². The number of amides is 1. The fourth-order valence-corrected chi connectivity index (χ4v) is 4.10. The van der Waals surface area contributed by atoms with Crippen LogP contribution in [0.2, 0.25) is 0 Å². The summed E-state index contributed by atoms with van der Waals surface area (Å²) in [5.41, 5.74) is 8.11. The van der Waals surface area contributed by atoms with Gasteiger partial charge in [0.05, 0.1) is 0 Å². The average molecular weight is 409 g/mol. The number of nitrogens with two attached hydrogens (primary N) is 1. The lowest BCUT2D eigenvalue weighted by molar-refractivity contribution is -0.131. The topological polar surface area (TPSA) is 55.6 Å². The quantitative estimate of drug-likeness (QED) is 0.819. The Bertz CT molecular complexity index is 821. The van der Waals surface area contributed by atoms with Gasteiger partial charge < -0.3 is 15.4 Å². The molecule has 4 nitrogen and oxygen atoms in total. The Morgan fingerprint density at radius 2 is 1.71 bits per heavy atom. The predicted molar refractivity (Wildman–Crippen MR) is 105 cm³/mol. The van der Waals surface area contributed by atoms with E-state index in [0.717, 1.165) is 5.56 Å². The Hall–Kier alpha value is -2.18. The number of carbonyl (C=O) groups excluding carboxylic acids is 1. The highest BCUT2D eigenvalue weighted by Gasteiger charge is 2.49. The standard InChI is InChI=1S/C21H22F2N2O2.ClH/c22-21(23)27-19-9-5-4-8-14(19)15-10-16(15)20(26)25-11-17(18(24)12-25)13-6-2-1-3-7-13;/h1-9,15-18,21H,10-12,24H2;1H/t15?,16?,17-,18+;/m0./s1. The number of likely N-dealkylation sites (tertiary alicyclic amines) is 1. The fourth-order valence-electron chi connectivity index (χ4n) is 4.10. The smallest absolute Gasteiger partial charge is 0.387 e. The Kier molecular flexibility index (Phi) is 6.20. The SMILES string of the molecule is Cl.N[C@@H]1CN(C(=O)C2CC2c2ccccc2OC(F)F)C[C@H]1c1ccccc1. The first kappa shape index (κ1) is 20.6. The van der Waals surface area contributed by atoms with Crippen molar-refractivity contribution in [2.45, 2.75) is 30.9 Å². The van der Waals surface area contributed by atoms with Crippen molar-refractivity contribution in [1.29, 1.82) is 0 Å². The minimum atomic E-state index is -2.87. The number of alkyl halides is 2. The third kappa shape index (κ3) is 4.13. The summed E-state index contributed by atoms with van der Waals surface area (Å²) in [4.78, 5) is 14.8. The molecule has 28 heavy (non-hydrogen) atoms. The van der Waals surface area contributed by atoms with Crippen molar-refractivity contribution in [3.63, 3.8) is 0 Å². The molecule has 2 unspecified atom stereocenters. The van der Waals surface area contributed by atoms with Gasteiger partial charge in [-0.3, -0.25) is 4.79 Å². The number of hydrogen-bond acceptors (Lipinski definition) is 3. The number of nitrogens with zero attached hydrogens (tertiary/aromatic N) is 1. The van der Waals surface area contributed by atoms with E-state index >= 15 is 0 Å². The minimum absolute atomic E-state index is 0. The highest BCUT2D eigenvalue weighted by atomic mass is 35.5. The molecule has 1 aliphatic heterocycles. The molecule has 7 heteroatoms. The van der Waals surface area contributed by atoms with Crippen LogP contribution in [0.5, 0.6) is 5.75 Å². The van der Waals surface area contributed by atoms with E-state index in [1.54, 1.807) is 18.2 Å². The van der Waals surface area contributed by atoms with E-state index in [9.17, 15) is 13.6 Å². The Labute approximate surface area is 169 Å². The van der Waals surface area contributed by atoms with Gasteiger partial charge in [-0.1, -0.05) is 48.5 Å². The highest BCUT2D eigenvalue weighted by molar-refractivity contribution is 5.85. The lowest BCUT2D eigenvalue weighted by Gasteiger charge is -2.17. The van der Waals surface area contributed by atoms with Gasteiger partial charge in [0.25, 0.3) is 0 Å². The second kappa shape index (κ2) is 8.45. The zero-order valence-electron chi connectivity index (χ0n) is 15.2. The molecule has 4 atom stereocenters. The molecule has 1 heterocycles. The summed E-state index contributed by atoms with van der Waals surface area (Å²) in [5.74, 6) is 0.0872. The summed E-state index contributed by atoms with van der Waals surface area (Å²) in [6.07, 6.45) is 0.657. The number of para-hydroxylation sites is 1. The van der Waals surface area contributed by atoms with Crippen LogP contribution in [-0.4, -0.2) is 36.5 Å². The maximum atomic E-state index is 12.9. The van der Waals surface area contributed by atoms with Crippen molar-refractivity contribution in [2.24, 2.45) is 11.7 Å². The second-order valence-corrected chi connectivity index (χ2v) is 7.29. The first-order chi connectivity index (χ1) is 13.0. The first-order valence-electron chi connectivity index (χ1n) is 9.17. The van der Waals surface area contributed by atoms with E-state index in [0.29, 0.717) is 25.1 Å². The van der Waals surface area contributed by atoms with Crippen molar-refractivity contribution in [3.8, 4) is 5.75 Å². The predicted octanol–water partition coefficient (Wildman–Crippen LogP) is 3.77. The second-order valence-electron chi connectivity index (χ2n) is 7.29. The lowest BCUT2D eigenvalue weighted by Crippen LogP contribution is -2.33. The van der Waals surface area contributed by atoms with Crippen LogP contribution in [0, 0.1) is 5.92 Å². The van der Waals surface area contributed by atoms with Crippen LogP contribution >= 0.6 is 12.4 Å². The zero-order chi connectivity index (χ0) is 19.0. The van der Waals surface area contributed by atoms with E-state index in [1.165, 1.54) is 6.07 Å². The van der Waals surface area contributed by atoms with Gasteiger partial charge >= 0.3 is 6.61 Å². The number of ether oxygens (including phenoxy) is 1. The molecule has 2 aromatic rings. The highest BCUT2D eigenvalue weighted by Crippen LogP contribution is 2.51. The van der Waals surface area contributed by atoms with E-state index < -0.39 is 6.61 Å². The van der Waals surface area contributed by atoms with Crippen LogP contribution in [0.1, 0.15) is 29.4 Å². The Balaban J connectivity index is 0.00000225. The molecule has 2 N–H and O–H groups in total. The van der Waals surface area contributed by atoms with Gasteiger partial charge in [-0.25, -0.2) is 0 Å². The number of carbonyl (C=O) groups is 1. The fraction of sp³-hybridized carbons (Fsp3) is 0.381. The summed E-state index contributed by atoms with van der Waals surface area (Å²) >= 11 is 0. The summed E-state index contributed by atoms with van der Waals surface area (Å²) in [7, 11) is 0. The van der Waals surface area contributed by atoms with Gasteiger partial charge in [-0.2, -0.15) is 8.78 Å². The number of hydrogen-bond donors (Lipinski definition) is 1. The summed E-state index contributed by atoms with van der Waals surface area (Å²) < 4.78 is 29.9. The van der Waals surface area contributed by atoms with Gasteiger partial charge in [0, 0.05) is 31.0 Å². The zero-order valence-corrected chi connectivity index (χ0v) is 16.0. The van der Waals surface area contributed by atoms with Gasteiger partial charge in [0.1, 0.15) is 5.75 Å². The van der Waals surface area contributed by atoms with Crippen LogP contribution in [0.3, 0.4) is 0 Å². The van der Waals surface area contributed by atoms with Gasteiger partial charge in [-0.05, 0) is 29.5 Å². The molecule has 0 bridgehead atoms. The van der Waals surface area contributed by atoms with Gasteiger partial charge in [0.15, 0.2) is 0 Å². The molecular weight excluding hydrogens is 386 g/mol. The van der Waals surface area contributed by atoms with Crippen LogP contribution < -0.4 is 10.5 Å². The normalized spacial score (nSPS) is 26.1. The lowest BCUT2D eigenvalue weighted by atomic mass is 9.95. The molecule has 0 spiro atoms. The van der Waals surface area contributed by atoms with Crippen LogP contribution in [0.15, 0.2) is 54.6 Å². The number of benzene rings is 2. The molecule has 1 saturated carbocycles. The van der Waals surface area contributed by atoms with E-state index in [1.807, 2.05) is 35.2 Å². The molecule has 4 rings (SSSR count). The summed E-state index contributed by atoms with van der Waals surface area (Å²) in [6, 6.07) is 16.6. The molecular formula is C21H23ClF2N2O2. The maximum absolute atomic E-state index is 12.9. The molecule has 2 aliphatic rings. The molecule has 1 amide bonds. The Morgan fingerprint density at radius 3 is 2.43 bits per heavy atom. The largest absolute Gasteiger partial charge is 0.435 e. The summed E-state index contributed by atoms with van der Waals surface area (Å²) in [6.45, 7) is -1.75.